The number of ether oxygens (including phenoxy) is 1. The summed E-state index contributed by atoms with van der Waals surface area (Å²) >= 11 is 0. The lowest BCUT2D eigenvalue weighted by molar-refractivity contribution is -0.145. The third-order valence-electron chi connectivity index (χ3n) is 6.70. The summed E-state index contributed by atoms with van der Waals surface area (Å²) in [6.45, 7) is 7.89. The summed E-state index contributed by atoms with van der Waals surface area (Å²) in [7, 11) is 0. The van der Waals surface area contributed by atoms with E-state index in [1.807, 2.05) is 12.4 Å². The molecule has 144 valence electrons. The van der Waals surface area contributed by atoms with E-state index in [2.05, 4.69) is 33.6 Å². The fourth-order valence-electron chi connectivity index (χ4n) is 4.88. The van der Waals surface area contributed by atoms with Crippen LogP contribution in [0.1, 0.15) is 58.2 Å². The largest absolute Gasteiger partial charge is 0.365 e. The van der Waals surface area contributed by atoms with E-state index in [-0.39, 0.29) is 18.1 Å². The Hall–Kier alpha value is -1.40. The van der Waals surface area contributed by atoms with Crippen LogP contribution in [0.15, 0.2) is 12.4 Å². The molecule has 2 aliphatic heterocycles. The molecule has 0 unspecified atom stereocenters. The van der Waals surface area contributed by atoms with Crippen molar-refractivity contribution in [3.05, 3.63) is 18.2 Å². The quantitative estimate of drug-likeness (QED) is 0.846. The number of piperidine rings is 1. The normalized spacial score (nSPS) is 29.8. The average Bonchev–Trinajstić information content (AvgIpc) is 3.07. The first-order chi connectivity index (χ1) is 12.7. The van der Waals surface area contributed by atoms with Crippen LogP contribution in [0.4, 0.5) is 0 Å². The van der Waals surface area contributed by atoms with E-state index < -0.39 is 0 Å². The zero-order valence-corrected chi connectivity index (χ0v) is 16.1. The summed E-state index contributed by atoms with van der Waals surface area (Å²) in [6.07, 6.45) is 10.2. The van der Waals surface area contributed by atoms with Crippen LogP contribution in [0.3, 0.4) is 0 Å². The predicted octanol–water partition coefficient (Wildman–Crippen LogP) is 2.33. The summed E-state index contributed by atoms with van der Waals surface area (Å²) in [5.74, 6) is 1.17. The molecule has 1 aromatic heterocycles. The summed E-state index contributed by atoms with van der Waals surface area (Å²) in [6, 6.07) is 0.350. The summed E-state index contributed by atoms with van der Waals surface area (Å²) < 4.78 is 8.19. The number of amides is 1. The highest BCUT2D eigenvalue weighted by atomic mass is 16.5. The Morgan fingerprint density at radius 2 is 2.19 bits per heavy atom. The number of nitrogens with zero attached hydrogens (tertiary/aromatic N) is 3. The number of carbonyl (C=O) groups excluding carboxylic acids is 1. The van der Waals surface area contributed by atoms with Crippen LogP contribution in [-0.2, 0) is 22.6 Å². The molecular formula is C20H32N4O2. The van der Waals surface area contributed by atoms with E-state index in [4.69, 9.17) is 4.74 Å². The van der Waals surface area contributed by atoms with Crippen molar-refractivity contribution in [2.75, 3.05) is 13.1 Å². The highest BCUT2D eigenvalue weighted by molar-refractivity contribution is 5.82. The van der Waals surface area contributed by atoms with Crippen molar-refractivity contribution < 1.29 is 9.53 Å². The molecule has 0 bridgehead atoms. The molecule has 1 saturated carbocycles. The van der Waals surface area contributed by atoms with Gasteiger partial charge >= 0.3 is 0 Å². The number of carbonyl (C=O) groups is 1. The van der Waals surface area contributed by atoms with Crippen molar-refractivity contribution in [2.45, 2.75) is 83.7 Å². The molecule has 26 heavy (non-hydrogen) atoms. The van der Waals surface area contributed by atoms with Crippen LogP contribution in [0.25, 0.3) is 0 Å². The molecule has 6 heteroatoms. The molecule has 6 nitrogen and oxygen atoms in total. The van der Waals surface area contributed by atoms with Gasteiger partial charge in [0, 0.05) is 25.0 Å². The molecule has 1 spiro atoms. The van der Waals surface area contributed by atoms with Crippen molar-refractivity contribution in [3.8, 4) is 0 Å². The number of hydrogen-bond acceptors (Lipinski definition) is 4. The average molecular weight is 361 g/mol. The molecule has 4 rings (SSSR count). The molecule has 1 aromatic rings. The Morgan fingerprint density at radius 3 is 2.88 bits per heavy atom. The van der Waals surface area contributed by atoms with Crippen molar-refractivity contribution in [2.24, 2.45) is 5.41 Å². The topological polar surface area (TPSA) is 59.4 Å². The van der Waals surface area contributed by atoms with Gasteiger partial charge in [-0.25, -0.2) is 4.98 Å². The number of aryl methyl sites for hydroxylation is 1. The van der Waals surface area contributed by atoms with E-state index in [9.17, 15) is 4.79 Å². The first-order valence-electron chi connectivity index (χ1n) is 10.3. The molecule has 1 amide bonds. The fraction of sp³-hybridized carbons (Fsp3) is 0.800. The number of nitrogens with one attached hydrogen (secondary N) is 1. The lowest BCUT2D eigenvalue weighted by Gasteiger charge is -2.31. The van der Waals surface area contributed by atoms with Crippen molar-refractivity contribution in [1.82, 2.24) is 19.8 Å². The first kappa shape index (κ1) is 18.0. The van der Waals surface area contributed by atoms with Crippen LogP contribution in [0, 0.1) is 5.41 Å². The number of hydrogen-bond donors (Lipinski definition) is 1. The zero-order valence-electron chi connectivity index (χ0n) is 16.1. The van der Waals surface area contributed by atoms with Crippen LogP contribution < -0.4 is 5.32 Å². The second-order valence-electron chi connectivity index (χ2n) is 8.16. The molecule has 3 aliphatic rings. The number of imidazole rings is 1. The highest BCUT2D eigenvalue weighted by Crippen LogP contribution is 2.56. The highest BCUT2D eigenvalue weighted by Gasteiger charge is 2.58. The van der Waals surface area contributed by atoms with Gasteiger partial charge in [0.25, 0.3) is 5.91 Å². The summed E-state index contributed by atoms with van der Waals surface area (Å²) in [5, 5.41) is 3.46. The molecule has 0 aromatic carbocycles. The van der Waals surface area contributed by atoms with Gasteiger partial charge in [0.15, 0.2) is 0 Å². The Labute approximate surface area is 156 Å². The SMILES string of the molecule is CC[C@@H]1CC[C@@H](C(=O)N(Cc2nccn2CC)[C@H]2CC23CCNCC3)O1. The van der Waals surface area contributed by atoms with E-state index in [0.29, 0.717) is 18.0 Å². The van der Waals surface area contributed by atoms with Crippen molar-refractivity contribution in [1.29, 1.82) is 0 Å². The zero-order chi connectivity index (χ0) is 18.1. The minimum atomic E-state index is -0.260. The maximum atomic E-state index is 13.4. The second-order valence-corrected chi connectivity index (χ2v) is 8.16. The van der Waals surface area contributed by atoms with Gasteiger partial charge in [0.2, 0.25) is 0 Å². The van der Waals surface area contributed by atoms with Crippen LogP contribution in [0.2, 0.25) is 0 Å². The van der Waals surface area contributed by atoms with Gasteiger partial charge in [-0.05, 0) is 64.0 Å². The fourth-order valence-corrected chi connectivity index (χ4v) is 4.88. The molecule has 0 radical (unpaired) electrons. The molecular weight excluding hydrogens is 328 g/mol. The molecule has 1 N–H and O–H groups in total. The Bertz CT molecular complexity index is 638. The lowest BCUT2D eigenvalue weighted by atomic mass is 9.93. The Balaban J connectivity index is 1.53. The van der Waals surface area contributed by atoms with E-state index in [0.717, 1.165) is 51.1 Å². The third kappa shape index (κ3) is 3.29. The van der Waals surface area contributed by atoms with E-state index in [1.54, 1.807) is 0 Å². The number of aromatic nitrogens is 2. The van der Waals surface area contributed by atoms with Crippen molar-refractivity contribution in [3.63, 3.8) is 0 Å². The number of rotatable bonds is 6. The summed E-state index contributed by atoms with van der Waals surface area (Å²) in [5.41, 5.74) is 0.327. The maximum absolute atomic E-state index is 13.4. The lowest BCUT2D eigenvalue weighted by Crippen LogP contribution is -2.44. The molecule has 3 atom stereocenters. The predicted molar refractivity (Wildman–Crippen MR) is 99.6 cm³/mol. The van der Waals surface area contributed by atoms with Crippen molar-refractivity contribution >= 4 is 5.91 Å². The van der Waals surface area contributed by atoms with Gasteiger partial charge in [-0.1, -0.05) is 6.92 Å². The monoisotopic (exact) mass is 360 g/mol. The van der Waals surface area contributed by atoms with Gasteiger partial charge in [0.05, 0.1) is 12.6 Å². The maximum Gasteiger partial charge on any atom is 0.252 e. The van der Waals surface area contributed by atoms with Crippen LogP contribution >= 0.6 is 0 Å². The standard InChI is InChI=1S/C20H32N4O2/c1-3-15-5-6-16(26-15)19(25)24(14-18-22-11-12-23(18)4-2)17-13-20(17)7-9-21-10-8-20/h11-12,15-17,21H,3-10,13-14H2,1-2H3/t15-,16+,17+/m1/s1. The minimum absolute atomic E-state index is 0.187. The van der Waals surface area contributed by atoms with Gasteiger partial charge in [-0.15, -0.1) is 0 Å². The van der Waals surface area contributed by atoms with E-state index in [1.165, 1.54) is 12.8 Å². The molecule has 3 heterocycles. The van der Waals surface area contributed by atoms with Crippen LogP contribution in [-0.4, -0.2) is 51.7 Å². The molecule has 1 aliphatic carbocycles. The molecule has 2 saturated heterocycles. The Kier molecular flexibility index (Phi) is 5.06. The molecule has 3 fully saturated rings. The van der Waals surface area contributed by atoms with E-state index >= 15 is 0 Å². The van der Waals surface area contributed by atoms with Gasteiger partial charge in [0.1, 0.15) is 11.9 Å². The second kappa shape index (κ2) is 7.31. The Morgan fingerprint density at radius 1 is 1.38 bits per heavy atom. The minimum Gasteiger partial charge on any atom is -0.365 e. The summed E-state index contributed by atoms with van der Waals surface area (Å²) in [4.78, 5) is 20.0. The smallest absolute Gasteiger partial charge is 0.252 e. The van der Waals surface area contributed by atoms with Crippen LogP contribution in [0.5, 0.6) is 0 Å². The first-order valence-corrected chi connectivity index (χ1v) is 10.3. The third-order valence-corrected chi connectivity index (χ3v) is 6.70. The van der Waals surface area contributed by atoms with Gasteiger partial charge in [-0.2, -0.15) is 0 Å². The van der Waals surface area contributed by atoms with Gasteiger partial charge in [-0.3, -0.25) is 4.79 Å². The van der Waals surface area contributed by atoms with Gasteiger partial charge < -0.3 is 19.5 Å².